The van der Waals surface area contributed by atoms with Gasteiger partial charge in [-0.05, 0) is 44.2 Å². The molecule has 1 aromatic carbocycles. The van der Waals surface area contributed by atoms with Gasteiger partial charge in [0.05, 0.1) is 12.8 Å². The molecule has 1 aliphatic carbocycles. The lowest BCUT2D eigenvalue weighted by Crippen LogP contribution is -2.31. The van der Waals surface area contributed by atoms with Gasteiger partial charge >= 0.3 is 0 Å². The predicted molar refractivity (Wildman–Crippen MR) is 102 cm³/mol. The molecule has 1 aliphatic heterocycles. The van der Waals surface area contributed by atoms with E-state index in [2.05, 4.69) is 31.8 Å². The first-order chi connectivity index (χ1) is 12.4. The third-order valence-electron chi connectivity index (χ3n) is 5.16. The van der Waals surface area contributed by atoms with E-state index in [-0.39, 0.29) is 0 Å². The number of nitrogens with zero attached hydrogens (tertiary/aromatic N) is 4. The Morgan fingerprint density at radius 1 is 1.00 bits per heavy atom. The minimum Gasteiger partial charge on any atom is -0.495 e. The van der Waals surface area contributed by atoms with Gasteiger partial charge in [-0.2, -0.15) is 0 Å². The normalized spacial score (nSPS) is 18.7. The number of aromatic nitrogens is 3. The SMILES string of the molecule is COc1ccccc1-n1c(SC2CCCC2)nnc1N1CCCCC1. The number of hydrogen-bond acceptors (Lipinski definition) is 5. The van der Waals surface area contributed by atoms with E-state index in [1.54, 1.807) is 7.11 Å². The average molecular weight is 359 g/mol. The van der Waals surface area contributed by atoms with E-state index < -0.39 is 0 Å². The van der Waals surface area contributed by atoms with E-state index in [0.29, 0.717) is 5.25 Å². The summed E-state index contributed by atoms with van der Waals surface area (Å²) in [6, 6.07) is 8.19. The summed E-state index contributed by atoms with van der Waals surface area (Å²) in [4.78, 5) is 2.38. The standard InChI is InChI=1S/C19H26N4OS/c1-24-17-12-6-5-11-16(17)23-18(22-13-7-2-8-14-22)20-21-19(23)25-15-9-3-4-10-15/h5-6,11-12,15H,2-4,7-10,13-14H2,1H3. The molecule has 1 saturated carbocycles. The molecule has 4 rings (SSSR count). The van der Waals surface area contributed by atoms with Crippen molar-refractivity contribution in [1.29, 1.82) is 0 Å². The third-order valence-corrected chi connectivity index (χ3v) is 6.44. The zero-order chi connectivity index (χ0) is 17.1. The maximum Gasteiger partial charge on any atom is 0.232 e. The highest BCUT2D eigenvalue weighted by atomic mass is 32.2. The Balaban J connectivity index is 1.75. The van der Waals surface area contributed by atoms with Crippen LogP contribution in [0.25, 0.3) is 5.69 Å². The Labute approximate surface area is 153 Å². The lowest BCUT2D eigenvalue weighted by Gasteiger charge is -2.28. The fourth-order valence-electron chi connectivity index (χ4n) is 3.82. The van der Waals surface area contributed by atoms with Gasteiger partial charge in [0.25, 0.3) is 0 Å². The minimum absolute atomic E-state index is 0.659. The van der Waals surface area contributed by atoms with Crippen LogP contribution in [0.5, 0.6) is 5.75 Å². The Hall–Kier alpha value is -1.69. The number of thioether (sulfide) groups is 1. The van der Waals surface area contributed by atoms with Crippen LogP contribution in [-0.2, 0) is 0 Å². The van der Waals surface area contributed by atoms with Crippen molar-refractivity contribution >= 4 is 17.7 Å². The summed E-state index contributed by atoms with van der Waals surface area (Å²) in [5, 5.41) is 10.8. The smallest absolute Gasteiger partial charge is 0.232 e. The number of anilines is 1. The topological polar surface area (TPSA) is 43.2 Å². The van der Waals surface area contributed by atoms with Gasteiger partial charge in [0.1, 0.15) is 5.75 Å². The molecule has 1 aromatic heterocycles. The summed E-state index contributed by atoms with van der Waals surface area (Å²) in [5.41, 5.74) is 1.04. The quantitative estimate of drug-likeness (QED) is 0.797. The molecule has 2 aromatic rings. The van der Waals surface area contributed by atoms with E-state index in [4.69, 9.17) is 4.74 Å². The zero-order valence-electron chi connectivity index (χ0n) is 14.9. The lowest BCUT2D eigenvalue weighted by molar-refractivity contribution is 0.412. The molecular weight excluding hydrogens is 332 g/mol. The molecule has 0 unspecified atom stereocenters. The van der Waals surface area contributed by atoms with Crippen molar-refractivity contribution in [3.63, 3.8) is 0 Å². The third kappa shape index (κ3) is 3.50. The van der Waals surface area contributed by atoms with Crippen LogP contribution in [0.1, 0.15) is 44.9 Å². The lowest BCUT2D eigenvalue weighted by atomic mass is 10.1. The van der Waals surface area contributed by atoms with Crippen LogP contribution in [0.15, 0.2) is 29.4 Å². The van der Waals surface area contributed by atoms with Crippen LogP contribution in [0, 0.1) is 0 Å². The number of benzene rings is 1. The summed E-state index contributed by atoms with van der Waals surface area (Å²) in [6.07, 6.45) is 8.99. The summed E-state index contributed by atoms with van der Waals surface area (Å²) < 4.78 is 7.85. The van der Waals surface area contributed by atoms with Gasteiger partial charge in [-0.25, -0.2) is 0 Å². The number of ether oxygens (including phenoxy) is 1. The summed E-state index contributed by atoms with van der Waals surface area (Å²) in [6.45, 7) is 2.11. The Bertz CT molecular complexity index is 705. The van der Waals surface area contributed by atoms with E-state index in [1.165, 1.54) is 44.9 Å². The van der Waals surface area contributed by atoms with Crippen molar-refractivity contribution < 1.29 is 4.74 Å². The predicted octanol–water partition coefficient (Wildman–Crippen LogP) is 4.30. The van der Waals surface area contributed by atoms with Crippen LogP contribution < -0.4 is 9.64 Å². The second-order valence-electron chi connectivity index (χ2n) is 6.86. The molecule has 2 heterocycles. The molecule has 2 aliphatic rings. The molecule has 25 heavy (non-hydrogen) atoms. The Kier molecular flexibility index (Phi) is 5.15. The van der Waals surface area contributed by atoms with Gasteiger partial charge in [0, 0.05) is 18.3 Å². The molecular formula is C19H26N4OS. The van der Waals surface area contributed by atoms with Crippen LogP contribution in [-0.4, -0.2) is 40.2 Å². The van der Waals surface area contributed by atoms with Crippen LogP contribution >= 0.6 is 11.8 Å². The van der Waals surface area contributed by atoms with Crippen molar-refractivity contribution in [2.75, 3.05) is 25.1 Å². The fraction of sp³-hybridized carbons (Fsp3) is 0.579. The maximum atomic E-state index is 5.63. The highest BCUT2D eigenvalue weighted by molar-refractivity contribution is 7.99. The number of methoxy groups -OCH3 is 1. The van der Waals surface area contributed by atoms with E-state index >= 15 is 0 Å². The van der Waals surface area contributed by atoms with E-state index in [1.807, 2.05) is 23.9 Å². The molecule has 0 atom stereocenters. The van der Waals surface area contributed by atoms with Gasteiger partial charge in [-0.3, -0.25) is 4.57 Å². The molecule has 1 saturated heterocycles. The molecule has 0 amide bonds. The highest BCUT2D eigenvalue weighted by Gasteiger charge is 2.26. The van der Waals surface area contributed by atoms with Crippen molar-refractivity contribution in [3.8, 4) is 11.4 Å². The van der Waals surface area contributed by atoms with Gasteiger partial charge in [-0.1, -0.05) is 36.7 Å². The number of hydrogen-bond donors (Lipinski definition) is 0. The van der Waals surface area contributed by atoms with Crippen LogP contribution in [0.4, 0.5) is 5.95 Å². The van der Waals surface area contributed by atoms with Gasteiger partial charge in [-0.15, -0.1) is 10.2 Å². The maximum absolute atomic E-state index is 5.63. The van der Waals surface area contributed by atoms with Gasteiger partial charge in [0.15, 0.2) is 5.16 Å². The Morgan fingerprint density at radius 2 is 1.76 bits per heavy atom. The van der Waals surface area contributed by atoms with E-state index in [0.717, 1.165) is 35.6 Å². The van der Waals surface area contributed by atoms with E-state index in [9.17, 15) is 0 Å². The van der Waals surface area contributed by atoms with Gasteiger partial charge in [0.2, 0.25) is 5.95 Å². The van der Waals surface area contributed by atoms with Gasteiger partial charge < -0.3 is 9.64 Å². The summed E-state index contributed by atoms with van der Waals surface area (Å²) in [7, 11) is 1.73. The van der Waals surface area contributed by atoms with Crippen LogP contribution in [0.2, 0.25) is 0 Å². The summed E-state index contributed by atoms with van der Waals surface area (Å²) >= 11 is 1.88. The molecule has 5 nitrogen and oxygen atoms in total. The molecule has 0 N–H and O–H groups in total. The van der Waals surface area contributed by atoms with Crippen molar-refractivity contribution in [2.45, 2.75) is 55.4 Å². The second kappa shape index (κ2) is 7.68. The van der Waals surface area contributed by atoms with Crippen molar-refractivity contribution in [3.05, 3.63) is 24.3 Å². The highest BCUT2D eigenvalue weighted by Crippen LogP contribution is 2.38. The fourth-order valence-corrected chi connectivity index (χ4v) is 5.06. The average Bonchev–Trinajstić information content (AvgIpc) is 3.33. The first-order valence-corrected chi connectivity index (χ1v) is 10.2. The van der Waals surface area contributed by atoms with Crippen molar-refractivity contribution in [2.24, 2.45) is 0 Å². The molecule has 0 radical (unpaired) electrons. The minimum atomic E-state index is 0.659. The zero-order valence-corrected chi connectivity index (χ0v) is 15.7. The van der Waals surface area contributed by atoms with Crippen LogP contribution in [0.3, 0.4) is 0 Å². The first-order valence-electron chi connectivity index (χ1n) is 9.37. The van der Waals surface area contributed by atoms with Crippen molar-refractivity contribution in [1.82, 2.24) is 14.8 Å². The number of piperidine rings is 1. The molecule has 0 spiro atoms. The summed E-state index contributed by atoms with van der Waals surface area (Å²) in [5.74, 6) is 1.83. The first kappa shape index (κ1) is 16.8. The number of para-hydroxylation sites is 2. The molecule has 0 bridgehead atoms. The largest absolute Gasteiger partial charge is 0.495 e. The second-order valence-corrected chi connectivity index (χ2v) is 8.13. The molecule has 2 fully saturated rings. The number of rotatable bonds is 5. The Morgan fingerprint density at radius 3 is 2.52 bits per heavy atom. The molecule has 134 valence electrons. The monoisotopic (exact) mass is 358 g/mol. The molecule has 6 heteroatoms.